The number of aryl methyl sites for hydroxylation is 2. The topological polar surface area (TPSA) is 98.6 Å². The van der Waals surface area contributed by atoms with Crippen LogP contribution in [0.3, 0.4) is 0 Å². The van der Waals surface area contributed by atoms with Gasteiger partial charge in [-0.25, -0.2) is 19.6 Å². The second-order valence-electron chi connectivity index (χ2n) is 10.2. The number of nitrogens with zero attached hydrogens (tertiary/aromatic N) is 2. The summed E-state index contributed by atoms with van der Waals surface area (Å²) in [6.45, 7) is 10.8. The number of aliphatic hydroxyl groups is 1. The minimum Gasteiger partial charge on any atom is -0.462 e. The lowest BCUT2D eigenvalue weighted by Gasteiger charge is -2.30. The van der Waals surface area contributed by atoms with Crippen molar-refractivity contribution in [3.05, 3.63) is 48.1 Å². The smallest absolute Gasteiger partial charge is 0.335 e. The minimum atomic E-state index is -0.617. The van der Waals surface area contributed by atoms with Crippen LogP contribution in [0, 0.1) is 17.8 Å². The zero-order valence-electron chi connectivity index (χ0n) is 22.2. The highest BCUT2D eigenvalue weighted by atomic mass is 16.5. The maximum absolute atomic E-state index is 11.9. The molecule has 0 bridgehead atoms. The Labute approximate surface area is 216 Å². The van der Waals surface area contributed by atoms with E-state index in [1.807, 2.05) is 12.4 Å². The van der Waals surface area contributed by atoms with Gasteiger partial charge in [-0.2, -0.15) is 0 Å². The zero-order chi connectivity index (χ0) is 26.3. The molecule has 2 rings (SSSR count). The lowest BCUT2D eigenvalue weighted by atomic mass is 9.77. The molecule has 1 atom stereocenters. The Balaban J connectivity index is 1.77. The lowest BCUT2D eigenvalue weighted by Crippen LogP contribution is -2.26. The summed E-state index contributed by atoms with van der Waals surface area (Å²) < 4.78 is 10.7. The third-order valence-electron chi connectivity index (χ3n) is 6.97. The van der Waals surface area contributed by atoms with Gasteiger partial charge in [0.25, 0.3) is 0 Å². The van der Waals surface area contributed by atoms with Gasteiger partial charge in [0, 0.05) is 30.3 Å². The molecule has 1 aliphatic rings. The molecule has 1 aliphatic carbocycles. The molecule has 200 valence electrons. The molecular formula is C29H44N2O5. The van der Waals surface area contributed by atoms with E-state index in [1.165, 1.54) is 24.8 Å². The van der Waals surface area contributed by atoms with Crippen LogP contribution in [-0.4, -0.2) is 46.8 Å². The summed E-state index contributed by atoms with van der Waals surface area (Å²) in [5.74, 6) is 0.934. The first kappa shape index (κ1) is 29.7. The van der Waals surface area contributed by atoms with E-state index in [4.69, 9.17) is 14.6 Å². The summed E-state index contributed by atoms with van der Waals surface area (Å²) in [4.78, 5) is 32.9. The van der Waals surface area contributed by atoms with Crippen molar-refractivity contribution >= 4 is 11.9 Å². The third-order valence-corrected chi connectivity index (χ3v) is 6.97. The van der Waals surface area contributed by atoms with Crippen LogP contribution in [0.25, 0.3) is 0 Å². The van der Waals surface area contributed by atoms with Crippen LogP contribution < -0.4 is 0 Å². The molecule has 0 aliphatic heterocycles. The van der Waals surface area contributed by atoms with E-state index in [0.717, 1.165) is 57.2 Å². The molecule has 1 saturated carbocycles. The monoisotopic (exact) mass is 500 g/mol. The minimum absolute atomic E-state index is 0.0169. The molecule has 0 aromatic carbocycles. The SMILES string of the molecule is C=C(C)C(=O)OCC(COC(=O)C(=C)CO)CC1CCC(CCc2ncc(CCCCC)cn2)CC1. The predicted molar refractivity (Wildman–Crippen MR) is 140 cm³/mol. The predicted octanol–water partition coefficient (Wildman–Crippen LogP) is 5.17. The summed E-state index contributed by atoms with van der Waals surface area (Å²) in [5.41, 5.74) is 1.58. The van der Waals surface area contributed by atoms with Crippen LogP contribution in [0.2, 0.25) is 0 Å². The normalized spacial score (nSPS) is 18.3. The first-order valence-corrected chi connectivity index (χ1v) is 13.4. The van der Waals surface area contributed by atoms with Crippen LogP contribution in [0.4, 0.5) is 0 Å². The number of hydrogen-bond acceptors (Lipinski definition) is 7. The Morgan fingerprint density at radius 1 is 1.00 bits per heavy atom. The van der Waals surface area contributed by atoms with Gasteiger partial charge in [0.1, 0.15) is 5.82 Å². The van der Waals surface area contributed by atoms with Crippen LogP contribution in [-0.2, 0) is 31.9 Å². The van der Waals surface area contributed by atoms with Gasteiger partial charge in [-0.1, -0.05) is 58.6 Å². The Kier molecular flexibility index (Phi) is 13.4. The zero-order valence-corrected chi connectivity index (χ0v) is 22.2. The Hall–Kier alpha value is -2.54. The van der Waals surface area contributed by atoms with Crippen molar-refractivity contribution in [1.82, 2.24) is 9.97 Å². The van der Waals surface area contributed by atoms with E-state index in [2.05, 4.69) is 30.0 Å². The van der Waals surface area contributed by atoms with Crippen LogP contribution in [0.1, 0.15) is 83.0 Å². The highest BCUT2D eigenvalue weighted by Gasteiger charge is 2.26. The van der Waals surface area contributed by atoms with Gasteiger partial charge < -0.3 is 14.6 Å². The van der Waals surface area contributed by atoms with Crippen molar-refractivity contribution in [2.45, 2.75) is 84.5 Å². The molecular weight excluding hydrogens is 456 g/mol. The van der Waals surface area contributed by atoms with Crippen LogP contribution >= 0.6 is 0 Å². The van der Waals surface area contributed by atoms with Gasteiger partial charge in [0.2, 0.25) is 0 Å². The number of hydrogen-bond donors (Lipinski definition) is 1. The summed E-state index contributed by atoms with van der Waals surface area (Å²) in [6, 6.07) is 0. The molecule has 1 aromatic rings. The lowest BCUT2D eigenvalue weighted by molar-refractivity contribution is -0.144. The molecule has 1 fully saturated rings. The van der Waals surface area contributed by atoms with E-state index in [0.29, 0.717) is 17.4 Å². The Morgan fingerprint density at radius 2 is 1.61 bits per heavy atom. The van der Waals surface area contributed by atoms with Gasteiger partial charge in [-0.15, -0.1) is 0 Å². The molecule has 1 heterocycles. The summed E-state index contributed by atoms with van der Waals surface area (Å²) in [5, 5.41) is 9.07. The molecule has 0 spiro atoms. The second-order valence-corrected chi connectivity index (χ2v) is 10.2. The largest absolute Gasteiger partial charge is 0.462 e. The number of rotatable bonds is 16. The summed E-state index contributed by atoms with van der Waals surface area (Å²) >= 11 is 0. The van der Waals surface area contributed by atoms with E-state index >= 15 is 0 Å². The van der Waals surface area contributed by atoms with Crippen molar-refractivity contribution in [3.63, 3.8) is 0 Å². The Morgan fingerprint density at radius 3 is 2.19 bits per heavy atom. The third kappa shape index (κ3) is 11.0. The van der Waals surface area contributed by atoms with Gasteiger partial charge >= 0.3 is 11.9 Å². The number of esters is 2. The molecule has 36 heavy (non-hydrogen) atoms. The fraction of sp³-hybridized carbons (Fsp3) is 0.655. The summed E-state index contributed by atoms with van der Waals surface area (Å²) in [7, 11) is 0. The number of aliphatic hydroxyl groups excluding tert-OH is 1. The van der Waals surface area contributed by atoms with Gasteiger partial charge in [-0.3, -0.25) is 0 Å². The molecule has 1 aromatic heterocycles. The molecule has 0 radical (unpaired) electrons. The maximum atomic E-state index is 11.9. The molecule has 1 N–H and O–H groups in total. The second kappa shape index (κ2) is 16.3. The molecule has 7 nitrogen and oxygen atoms in total. The van der Waals surface area contributed by atoms with Crippen molar-refractivity contribution in [1.29, 1.82) is 0 Å². The van der Waals surface area contributed by atoms with E-state index in [-0.39, 0.29) is 24.7 Å². The standard InChI is InChI=1S/C29H44N2O5/c1-5-6-7-8-25-16-30-27(31-17-25)14-13-23-9-11-24(12-10-23)15-26(19-35-28(33)21(2)3)20-36-29(34)22(4)18-32/h16-17,23-24,26,32H,2,4-15,18-20H2,1,3H3. The first-order valence-electron chi connectivity index (χ1n) is 13.4. The van der Waals surface area contributed by atoms with Crippen LogP contribution in [0.5, 0.6) is 0 Å². The molecule has 7 heteroatoms. The summed E-state index contributed by atoms with van der Waals surface area (Å²) in [6.07, 6.45) is 16.0. The van der Waals surface area contributed by atoms with Crippen molar-refractivity contribution < 1.29 is 24.2 Å². The number of unbranched alkanes of at least 4 members (excludes halogenated alkanes) is 2. The maximum Gasteiger partial charge on any atom is 0.335 e. The number of aromatic nitrogens is 2. The molecule has 1 unspecified atom stereocenters. The number of ether oxygens (including phenoxy) is 2. The Bertz CT molecular complexity index is 844. The molecule has 0 amide bonds. The van der Waals surface area contributed by atoms with Gasteiger partial charge in [0.05, 0.1) is 25.4 Å². The van der Waals surface area contributed by atoms with E-state index in [9.17, 15) is 9.59 Å². The van der Waals surface area contributed by atoms with Crippen molar-refractivity contribution in [3.8, 4) is 0 Å². The van der Waals surface area contributed by atoms with Crippen molar-refractivity contribution in [2.75, 3.05) is 19.8 Å². The van der Waals surface area contributed by atoms with Gasteiger partial charge in [0.15, 0.2) is 0 Å². The highest BCUT2D eigenvalue weighted by Crippen LogP contribution is 2.35. The fourth-order valence-electron chi connectivity index (χ4n) is 4.64. The van der Waals surface area contributed by atoms with E-state index in [1.54, 1.807) is 6.92 Å². The fourth-order valence-corrected chi connectivity index (χ4v) is 4.64. The van der Waals surface area contributed by atoms with E-state index < -0.39 is 18.5 Å². The van der Waals surface area contributed by atoms with Crippen molar-refractivity contribution in [2.24, 2.45) is 17.8 Å². The number of carbonyl (C=O) groups excluding carboxylic acids is 2. The average Bonchev–Trinajstić information content (AvgIpc) is 2.89. The first-order chi connectivity index (χ1) is 17.3. The van der Waals surface area contributed by atoms with Crippen LogP contribution in [0.15, 0.2) is 36.7 Å². The quantitative estimate of drug-likeness (QED) is 0.190. The number of carbonyl (C=O) groups is 2. The average molecular weight is 501 g/mol. The molecule has 0 saturated heterocycles. The van der Waals surface area contributed by atoms with Gasteiger partial charge in [-0.05, 0) is 50.0 Å². The highest BCUT2D eigenvalue weighted by molar-refractivity contribution is 5.88.